The third kappa shape index (κ3) is 4.49. The van der Waals surface area contributed by atoms with E-state index < -0.39 is 5.97 Å². The molecule has 21 heavy (non-hydrogen) atoms. The number of aromatic carboxylic acids is 1. The number of carbonyl (C=O) groups excluding carboxylic acids is 1. The van der Waals surface area contributed by atoms with Gasteiger partial charge in [-0.3, -0.25) is 4.90 Å². The molecule has 2 rings (SSSR count). The largest absolute Gasteiger partial charge is 0.475 e. The van der Waals surface area contributed by atoms with Gasteiger partial charge in [-0.15, -0.1) is 0 Å². The lowest BCUT2D eigenvalue weighted by atomic mass is 10.3. The van der Waals surface area contributed by atoms with Gasteiger partial charge in [0.05, 0.1) is 6.54 Å². The minimum Gasteiger partial charge on any atom is -0.475 e. The third-order valence-corrected chi connectivity index (χ3v) is 3.62. The van der Waals surface area contributed by atoms with Crippen molar-refractivity contribution in [2.24, 2.45) is 0 Å². The Morgan fingerprint density at radius 1 is 1.33 bits per heavy atom. The van der Waals surface area contributed by atoms with Crippen LogP contribution in [0.2, 0.25) is 0 Å². The van der Waals surface area contributed by atoms with E-state index in [1.807, 2.05) is 0 Å². The number of carbonyl (C=O) groups is 2. The number of nitrogens with zero attached hydrogens (tertiary/aromatic N) is 1. The number of hydrogen-bond acceptors (Lipinski definition) is 4. The van der Waals surface area contributed by atoms with Gasteiger partial charge in [0, 0.05) is 12.6 Å². The Balaban J connectivity index is 1.68. The van der Waals surface area contributed by atoms with E-state index in [0.717, 1.165) is 13.1 Å². The van der Waals surface area contributed by atoms with Crippen LogP contribution in [0, 0.1) is 0 Å². The highest BCUT2D eigenvalue weighted by Crippen LogP contribution is 2.10. The Morgan fingerprint density at radius 2 is 2.05 bits per heavy atom. The molecule has 0 aliphatic carbocycles. The van der Waals surface area contributed by atoms with Crippen LogP contribution < -0.4 is 10.6 Å². The molecule has 0 bridgehead atoms. The van der Waals surface area contributed by atoms with E-state index in [2.05, 4.69) is 22.5 Å². The highest BCUT2D eigenvalue weighted by Gasteiger charge is 2.18. The zero-order chi connectivity index (χ0) is 15.2. The summed E-state index contributed by atoms with van der Waals surface area (Å²) in [6.07, 6.45) is 2.45. The Kier molecular flexibility index (Phi) is 5.21. The van der Waals surface area contributed by atoms with E-state index >= 15 is 0 Å². The van der Waals surface area contributed by atoms with Gasteiger partial charge >= 0.3 is 12.0 Å². The summed E-state index contributed by atoms with van der Waals surface area (Å²) in [6, 6.07) is 2.94. The maximum absolute atomic E-state index is 11.7. The topological polar surface area (TPSA) is 94.8 Å². The molecule has 1 aliphatic rings. The van der Waals surface area contributed by atoms with Crippen LogP contribution in [0.5, 0.6) is 0 Å². The first-order valence-electron chi connectivity index (χ1n) is 7.14. The Morgan fingerprint density at radius 3 is 2.67 bits per heavy atom. The number of hydrogen-bond donors (Lipinski definition) is 3. The predicted molar refractivity (Wildman–Crippen MR) is 76.2 cm³/mol. The maximum atomic E-state index is 11.7. The van der Waals surface area contributed by atoms with Crippen molar-refractivity contribution in [1.82, 2.24) is 15.5 Å². The van der Waals surface area contributed by atoms with Gasteiger partial charge in [-0.25, -0.2) is 9.59 Å². The SMILES string of the molecule is CC(CNC(=O)NCc1ccc(C(=O)O)o1)N1CCCC1. The van der Waals surface area contributed by atoms with Crippen LogP contribution in [0.25, 0.3) is 0 Å². The molecule has 0 spiro atoms. The fraction of sp³-hybridized carbons (Fsp3) is 0.571. The van der Waals surface area contributed by atoms with Gasteiger partial charge < -0.3 is 20.2 Å². The van der Waals surface area contributed by atoms with Crippen molar-refractivity contribution in [3.05, 3.63) is 23.7 Å². The molecule has 0 radical (unpaired) electrons. The zero-order valence-electron chi connectivity index (χ0n) is 12.1. The number of likely N-dealkylation sites (tertiary alicyclic amines) is 1. The summed E-state index contributed by atoms with van der Waals surface area (Å²) in [7, 11) is 0. The average Bonchev–Trinajstić information content (AvgIpc) is 3.13. The first-order chi connectivity index (χ1) is 10.1. The van der Waals surface area contributed by atoms with Crippen LogP contribution in [0.1, 0.15) is 36.1 Å². The maximum Gasteiger partial charge on any atom is 0.371 e. The second-order valence-corrected chi connectivity index (χ2v) is 5.23. The number of rotatable bonds is 6. The van der Waals surface area contributed by atoms with Crippen molar-refractivity contribution in [2.45, 2.75) is 32.4 Å². The van der Waals surface area contributed by atoms with E-state index in [1.165, 1.54) is 25.0 Å². The predicted octanol–water partition coefficient (Wildman–Crippen LogP) is 1.26. The average molecular weight is 295 g/mol. The summed E-state index contributed by atoms with van der Waals surface area (Å²) in [5, 5.41) is 14.2. The molecule has 3 N–H and O–H groups in total. The van der Waals surface area contributed by atoms with Gasteiger partial charge in [0.2, 0.25) is 5.76 Å². The summed E-state index contributed by atoms with van der Waals surface area (Å²) in [4.78, 5) is 24.7. The van der Waals surface area contributed by atoms with E-state index in [-0.39, 0.29) is 18.3 Å². The van der Waals surface area contributed by atoms with E-state index in [4.69, 9.17) is 9.52 Å². The van der Waals surface area contributed by atoms with Crippen molar-refractivity contribution in [2.75, 3.05) is 19.6 Å². The van der Waals surface area contributed by atoms with Crippen LogP contribution in [-0.2, 0) is 6.54 Å². The second kappa shape index (κ2) is 7.12. The van der Waals surface area contributed by atoms with Crippen LogP contribution in [0.3, 0.4) is 0 Å². The molecule has 1 fully saturated rings. The summed E-state index contributed by atoms with van der Waals surface area (Å²) in [6.45, 7) is 5.03. The normalized spacial score (nSPS) is 16.6. The molecule has 1 atom stereocenters. The molecule has 2 amide bonds. The first kappa shape index (κ1) is 15.4. The Hall–Kier alpha value is -2.02. The first-order valence-corrected chi connectivity index (χ1v) is 7.14. The van der Waals surface area contributed by atoms with Crippen molar-refractivity contribution >= 4 is 12.0 Å². The van der Waals surface area contributed by atoms with Gasteiger partial charge in [0.1, 0.15) is 5.76 Å². The Bertz CT molecular complexity index is 494. The minimum absolute atomic E-state index is 0.130. The molecule has 2 heterocycles. The number of nitrogens with one attached hydrogen (secondary N) is 2. The fourth-order valence-corrected chi connectivity index (χ4v) is 2.37. The molecule has 1 saturated heterocycles. The highest BCUT2D eigenvalue weighted by molar-refractivity contribution is 5.84. The molecule has 0 aromatic carbocycles. The van der Waals surface area contributed by atoms with E-state index in [1.54, 1.807) is 0 Å². The lowest BCUT2D eigenvalue weighted by Crippen LogP contribution is -2.44. The lowest BCUT2D eigenvalue weighted by Gasteiger charge is -2.23. The highest BCUT2D eigenvalue weighted by atomic mass is 16.4. The Labute approximate surface area is 123 Å². The standard InChI is InChI=1S/C14H21N3O4/c1-10(17-6-2-3-7-17)8-15-14(20)16-9-11-4-5-12(21-11)13(18)19/h4-5,10H,2-3,6-9H2,1H3,(H,18,19)(H2,15,16,20). The summed E-state index contributed by atoms with van der Waals surface area (Å²) in [5.74, 6) is -0.838. The molecule has 7 nitrogen and oxygen atoms in total. The zero-order valence-corrected chi connectivity index (χ0v) is 12.1. The van der Waals surface area contributed by atoms with Crippen LogP contribution >= 0.6 is 0 Å². The van der Waals surface area contributed by atoms with Gasteiger partial charge in [-0.05, 0) is 45.0 Å². The van der Waals surface area contributed by atoms with Crippen molar-refractivity contribution in [3.63, 3.8) is 0 Å². The molecular weight excluding hydrogens is 274 g/mol. The van der Waals surface area contributed by atoms with Crippen molar-refractivity contribution in [1.29, 1.82) is 0 Å². The number of furan rings is 1. The monoisotopic (exact) mass is 295 g/mol. The van der Waals surface area contributed by atoms with Crippen LogP contribution in [0.15, 0.2) is 16.5 Å². The number of amides is 2. The van der Waals surface area contributed by atoms with Crippen molar-refractivity contribution in [3.8, 4) is 0 Å². The molecule has 116 valence electrons. The number of urea groups is 1. The molecule has 1 aromatic heterocycles. The van der Waals surface area contributed by atoms with Gasteiger partial charge in [-0.1, -0.05) is 0 Å². The van der Waals surface area contributed by atoms with Gasteiger partial charge in [0.25, 0.3) is 0 Å². The third-order valence-electron chi connectivity index (χ3n) is 3.62. The summed E-state index contributed by atoms with van der Waals surface area (Å²) >= 11 is 0. The smallest absolute Gasteiger partial charge is 0.371 e. The molecular formula is C14H21N3O4. The fourth-order valence-electron chi connectivity index (χ4n) is 2.37. The van der Waals surface area contributed by atoms with E-state index in [9.17, 15) is 9.59 Å². The molecule has 0 saturated carbocycles. The molecule has 1 aromatic rings. The quantitative estimate of drug-likeness (QED) is 0.734. The van der Waals surface area contributed by atoms with Crippen molar-refractivity contribution < 1.29 is 19.1 Å². The van der Waals surface area contributed by atoms with Gasteiger partial charge in [-0.2, -0.15) is 0 Å². The number of carboxylic acids is 1. The molecule has 1 unspecified atom stereocenters. The second-order valence-electron chi connectivity index (χ2n) is 5.23. The minimum atomic E-state index is -1.12. The van der Waals surface area contributed by atoms with Crippen LogP contribution in [0.4, 0.5) is 4.79 Å². The summed E-state index contributed by atoms with van der Waals surface area (Å²) < 4.78 is 5.05. The molecule has 7 heteroatoms. The summed E-state index contributed by atoms with van der Waals surface area (Å²) in [5.41, 5.74) is 0. The van der Waals surface area contributed by atoms with Crippen LogP contribution in [-0.4, -0.2) is 47.7 Å². The molecule has 1 aliphatic heterocycles. The lowest BCUT2D eigenvalue weighted by molar-refractivity contribution is 0.0660. The van der Waals surface area contributed by atoms with E-state index in [0.29, 0.717) is 18.3 Å². The number of carboxylic acid groups (broad SMARTS) is 1. The van der Waals surface area contributed by atoms with Gasteiger partial charge in [0.15, 0.2) is 0 Å².